The number of aryl methyl sites for hydroxylation is 1. The first-order valence-corrected chi connectivity index (χ1v) is 9.89. The first kappa shape index (κ1) is 23.1. The van der Waals surface area contributed by atoms with Gasteiger partial charge in [0.05, 0.1) is 12.2 Å². The molecule has 1 heterocycles. The molecule has 5 nitrogen and oxygen atoms in total. The number of carbonyl (C=O) groups excluding carboxylic acids is 1. The lowest BCUT2D eigenvalue weighted by atomic mass is 10.1. The van der Waals surface area contributed by atoms with E-state index in [1.807, 2.05) is 19.1 Å². The minimum absolute atomic E-state index is 0.132. The summed E-state index contributed by atoms with van der Waals surface area (Å²) in [6.45, 7) is 5.72. The quantitative estimate of drug-likeness (QED) is 0.319. The molecule has 0 bridgehead atoms. The van der Waals surface area contributed by atoms with E-state index >= 15 is 0 Å². The van der Waals surface area contributed by atoms with Crippen molar-refractivity contribution >= 4 is 11.5 Å². The van der Waals surface area contributed by atoms with Gasteiger partial charge >= 0.3 is 12.1 Å². The molecule has 0 spiro atoms. The van der Waals surface area contributed by atoms with Crippen LogP contribution in [0.1, 0.15) is 36.4 Å². The molecular weight excluding hydrogens is 423 g/mol. The van der Waals surface area contributed by atoms with Crippen molar-refractivity contribution in [3.63, 3.8) is 0 Å². The number of ether oxygens (including phenoxy) is 2. The molecule has 0 aliphatic heterocycles. The number of aromatic nitrogens is 1. The summed E-state index contributed by atoms with van der Waals surface area (Å²) in [5, 5.41) is 0. The van der Waals surface area contributed by atoms with E-state index in [0.717, 1.165) is 23.3 Å². The number of allylic oxidation sites excluding steroid dienone is 1. The number of benzene rings is 2. The minimum Gasteiger partial charge on any atom is -0.487 e. The Labute approximate surface area is 183 Å². The maximum atomic E-state index is 12.7. The zero-order valence-electron chi connectivity index (χ0n) is 17.8. The Hall–Kier alpha value is -3.55. The fourth-order valence-electron chi connectivity index (χ4n) is 2.90. The molecule has 0 atom stereocenters. The molecule has 0 aliphatic carbocycles. The number of oxazole rings is 1. The number of hydrogen-bond donors (Lipinski definition) is 0. The SMILES string of the molecule is CCOC(=O)/C=C(\C)c1ccc(OCc2nc(-c3ccc(C(F)(F)F)cc3)oc2C)cc1. The molecule has 32 heavy (non-hydrogen) atoms. The van der Waals surface area contributed by atoms with E-state index in [1.165, 1.54) is 18.2 Å². The number of carbonyl (C=O) groups is 1. The van der Waals surface area contributed by atoms with Crippen LogP contribution in [0.3, 0.4) is 0 Å². The molecule has 0 amide bonds. The summed E-state index contributed by atoms with van der Waals surface area (Å²) in [4.78, 5) is 15.9. The van der Waals surface area contributed by atoms with Gasteiger partial charge in [0.2, 0.25) is 5.89 Å². The Bertz CT molecular complexity index is 1100. The van der Waals surface area contributed by atoms with Crippen molar-refractivity contribution in [2.45, 2.75) is 33.6 Å². The largest absolute Gasteiger partial charge is 0.487 e. The topological polar surface area (TPSA) is 61.6 Å². The van der Waals surface area contributed by atoms with Gasteiger partial charge in [-0.15, -0.1) is 0 Å². The van der Waals surface area contributed by atoms with Crippen molar-refractivity contribution in [1.82, 2.24) is 4.98 Å². The van der Waals surface area contributed by atoms with Gasteiger partial charge in [-0.2, -0.15) is 13.2 Å². The van der Waals surface area contributed by atoms with Crippen LogP contribution in [0.25, 0.3) is 17.0 Å². The molecule has 0 radical (unpaired) electrons. The lowest BCUT2D eigenvalue weighted by Gasteiger charge is -2.07. The van der Waals surface area contributed by atoms with E-state index < -0.39 is 17.7 Å². The second-order valence-corrected chi connectivity index (χ2v) is 6.99. The van der Waals surface area contributed by atoms with Crippen LogP contribution in [0.15, 0.2) is 59.0 Å². The van der Waals surface area contributed by atoms with Gasteiger partial charge in [-0.05, 0) is 68.3 Å². The normalized spacial score (nSPS) is 12.0. The van der Waals surface area contributed by atoms with E-state index in [-0.39, 0.29) is 12.5 Å². The maximum Gasteiger partial charge on any atom is 0.416 e. The van der Waals surface area contributed by atoms with Gasteiger partial charge in [-0.3, -0.25) is 0 Å². The molecule has 0 aliphatic rings. The van der Waals surface area contributed by atoms with E-state index in [9.17, 15) is 18.0 Å². The second-order valence-electron chi connectivity index (χ2n) is 6.99. The van der Waals surface area contributed by atoms with Crippen LogP contribution in [0.4, 0.5) is 13.2 Å². The van der Waals surface area contributed by atoms with Gasteiger partial charge in [0.15, 0.2) is 0 Å². The molecule has 3 aromatic rings. The Morgan fingerprint density at radius 1 is 1.09 bits per heavy atom. The number of halogens is 3. The summed E-state index contributed by atoms with van der Waals surface area (Å²) in [5.41, 5.74) is 1.88. The molecule has 0 N–H and O–H groups in total. The highest BCUT2D eigenvalue weighted by Gasteiger charge is 2.30. The minimum atomic E-state index is -4.40. The average molecular weight is 445 g/mol. The van der Waals surface area contributed by atoms with E-state index in [1.54, 1.807) is 26.0 Å². The number of nitrogens with zero attached hydrogens (tertiary/aromatic N) is 1. The van der Waals surface area contributed by atoms with Crippen LogP contribution < -0.4 is 4.74 Å². The first-order chi connectivity index (χ1) is 15.2. The molecule has 0 saturated heterocycles. The van der Waals surface area contributed by atoms with Gasteiger partial charge < -0.3 is 13.9 Å². The van der Waals surface area contributed by atoms with Crippen molar-refractivity contribution in [2.75, 3.05) is 6.61 Å². The monoisotopic (exact) mass is 445 g/mol. The number of alkyl halides is 3. The van der Waals surface area contributed by atoms with Crippen LogP contribution >= 0.6 is 0 Å². The molecule has 2 aromatic carbocycles. The van der Waals surface area contributed by atoms with Gasteiger partial charge in [0.25, 0.3) is 0 Å². The van der Waals surface area contributed by atoms with E-state index in [4.69, 9.17) is 13.9 Å². The third-order valence-corrected chi connectivity index (χ3v) is 4.66. The zero-order valence-corrected chi connectivity index (χ0v) is 17.8. The van der Waals surface area contributed by atoms with E-state index in [0.29, 0.717) is 29.4 Å². The molecular formula is C24H22F3NO4. The number of hydrogen-bond acceptors (Lipinski definition) is 5. The van der Waals surface area contributed by atoms with Crippen LogP contribution in [-0.4, -0.2) is 17.6 Å². The van der Waals surface area contributed by atoms with E-state index in [2.05, 4.69) is 4.98 Å². The Morgan fingerprint density at radius 2 is 1.75 bits per heavy atom. The maximum absolute atomic E-state index is 12.7. The summed E-state index contributed by atoms with van der Waals surface area (Å²) in [7, 11) is 0. The van der Waals surface area contributed by atoms with Gasteiger partial charge in [0, 0.05) is 11.6 Å². The highest BCUT2D eigenvalue weighted by molar-refractivity contribution is 5.90. The van der Waals surface area contributed by atoms with Gasteiger partial charge in [0.1, 0.15) is 23.8 Å². The summed E-state index contributed by atoms with van der Waals surface area (Å²) in [6, 6.07) is 11.8. The molecule has 0 fully saturated rings. The van der Waals surface area contributed by atoms with Gasteiger partial charge in [-0.25, -0.2) is 9.78 Å². The molecule has 0 unspecified atom stereocenters. The van der Waals surface area contributed by atoms with Crippen molar-refractivity contribution in [3.05, 3.63) is 77.2 Å². The summed E-state index contributed by atoms with van der Waals surface area (Å²) < 4.78 is 54.4. The number of rotatable bonds is 7. The molecule has 168 valence electrons. The van der Waals surface area contributed by atoms with Crippen LogP contribution in [0.5, 0.6) is 5.75 Å². The predicted molar refractivity (Wildman–Crippen MR) is 113 cm³/mol. The molecule has 3 rings (SSSR count). The van der Waals surface area contributed by atoms with Crippen LogP contribution in [0, 0.1) is 6.92 Å². The fraction of sp³-hybridized carbons (Fsp3) is 0.250. The lowest BCUT2D eigenvalue weighted by molar-refractivity contribution is -0.138. The average Bonchev–Trinajstić information content (AvgIpc) is 3.13. The second kappa shape index (κ2) is 9.72. The highest BCUT2D eigenvalue weighted by atomic mass is 19.4. The van der Waals surface area contributed by atoms with Crippen molar-refractivity contribution in [1.29, 1.82) is 0 Å². The van der Waals surface area contributed by atoms with Crippen LogP contribution in [0.2, 0.25) is 0 Å². The lowest BCUT2D eigenvalue weighted by Crippen LogP contribution is -2.04. The highest BCUT2D eigenvalue weighted by Crippen LogP contribution is 2.31. The smallest absolute Gasteiger partial charge is 0.416 e. The van der Waals surface area contributed by atoms with Crippen molar-refractivity contribution in [2.24, 2.45) is 0 Å². The molecule has 1 aromatic heterocycles. The number of esters is 1. The zero-order chi connectivity index (χ0) is 23.3. The third kappa shape index (κ3) is 5.78. The van der Waals surface area contributed by atoms with Crippen molar-refractivity contribution < 1.29 is 31.9 Å². The summed E-state index contributed by atoms with van der Waals surface area (Å²) in [6.07, 6.45) is -2.96. The summed E-state index contributed by atoms with van der Waals surface area (Å²) in [5.74, 6) is 0.946. The molecule has 0 saturated carbocycles. The Morgan fingerprint density at radius 3 is 2.34 bits per heavy atom. The van der Waals surface area contributed by atoms with Crippen LogP contribution in [-0.2, 0) is 22.3 Å². The third-order valence-electron chi connectivity index (χ3n) is 4.66. The van der Waals surface area contributed by atoms with Crippen molar-refractivity contribution in [3.8, 4) is 17.2 Å². The fourth-order valence-corrected chi connectivity index (χ4v) is 2.90. The predicted octanol–water partition coefficient (Wildman–Crippen LogP) is 6.21. The standard InChI is InChI=1S/C24H22F3NO4/c1-4-30-22(29)13-15(2)17-7-11-20(12-8-17)31-14-21-16(3)32-23(28-21)18-5-9-19(10-6-18)24(25,26)27/h5-13H,4,14H2,1-3H3/b15-13+. The summed E-state index contributed by atoms with van der Waals surface area (Å²) >= 11 is 0. The Balaban J connectivity index is 1.65. The Kier molecular flexibility index (Phi) is 7.02. The molecule has 8 heteroatoms. The van der Waals surface area contributed by atoms with Gasteiger partial charge in [-0.1, -0.05) is 12.1 Å². The first-order valence-electron chi connectivity index (χ1n) is 9.89.